The number of nitriles is 1. The van der Waals surface area contributed by atoms with Gasteiger partial charge in [0.15, 0.2) is 0 Å². The fraction of sp³-hybridized carbons (Fsp3) is 0.391. The van der Waals surface area contributed by atoms with E-state index in [1.165, 1.54) is 33.5 Å². The lowest BCUT2D eigenvalue weighted by molar-refractivity contribution is 0.479. The maximum absolute atomic E-state index is 8.86. The summed E-state index contributed by atoms with van der Waals surface area (Å²) in [7, 11) is 0. The van der Waals surface area contributed by atoms with Gasteiger partial charge in [-0.1, -0.05) is 30.3 Å². The molecule has 0 radical (unpaired) electrons. The zero-order valence-corrected chi connectivity index (χ0v) is 15.7. The van der Waals surface area contributed by atoms with Gasteiger partial charge in [-0.3, -0.25) is 4.99 Å². The zero-order chi connectivity index (χ0) is 18.5. The molecule has 0 aromatic heterocycles. The van der Waals surface area contributed by atoms with Crippen LogP contribution in [0.4, 0.5) is 5.69 Å². The summed E-state index contributed by atoms with van der Waals surface area (Å²) < 4.78 is 0. The molecular formula is C23H26N4. The lowest BCUT2D eigenvalue weighted by Gasteiger charge is -2.27. The number of nitrogens with one attached hydrogen (secondary N) is 2. The number of hydrogen-bond acceptors (Lipinski definition) is 4. The van der Waals surface area contributed by atoms with Crippen LogP contribution in [0, 0.1) is 11.3 Å². The molecule has 27 heavy (non-hydrogen) atoms. The van der Waals surface area contributed by atoms with E-state index >= 15 is 0 Å². The van der Waals surface area contributed by atoms with Gasteiger partial charge >= 0.3 is 0 Å². The first-order valence-electron chi connectivity index (χ1n) is 9.94. The molecule has 2 N–H and O–H groups in total. The molecule has 4 heteroatoms. The Morgan fingerprint density at radius 3 is 2.89 bits per heavy atom. The van der Waals surface area contributed by atoms with E-state index in [2.05, 4.69) is 58.1 Å². The van der Waals surface area contributed by atoms with Crippen LogP contribution in [0.3, 0.4) is 0 Å². The molecule has 0 unspecified atom stereocenters. The Morgan fingerprint density at radius 2 is 2.04 bits per heavy atom. The van der Waals surface area contributed by atoms with Crippen LogP contribution in [0.25, 0.3) is 11.1 Å². The molecule has 2 heterocycles. The number of anilines is 1. The predicted octanol–water partition coefficient (Wildman–Crippen LogP) is 3.95. The van der Waals surface area contributed by atoms with Crippen molar-refractivity contribution in [3.63, 3.8) is 0 Å². The smallest absolute Gasteiger partial charge is 0.0625 e. The fourth-order valence-electron chi connectivity index (χ4n) is 3.99. The summed E-state index contributed by atoms with van der Waals surface area (Å²) in [6, 6.07) is 16.0. The second-order valence-electron chi connectivity index (χ2n) is 7.41. The number of fused-ring (bicyclic) bond motifs is 1. The monoisotopic (exact) mass is 358 g/mol. The first-order chi connectivity index (χ1) is 13.3. The number of aryl methyl sites for hydroxylation is 1. The summed E-state index contributed by atoms with van der Waals surface area (Å²) in [6.45, 7) is 3.02. The van der Waals surface area contributed by atoms with Crippen molar-refractivity contribution in [2.45, 2.75) is 38.1 Å². The average molecular weight is 358 g/mol. The van der Waals surface area contributed by atoms with Crippen LogP contribution in [0.2, 0.25) is 0 Å². The molecule has 2 aliphatic rings. The van der Waals surface area contributed by atoms with E-state index in [1.807, 2.05) is 6.21 Å². The SMILES string of the molecule is N#CCCc1cccc(-c2cc3c(c(NC4CCNCC4)c2)C=NCC3)c1. The van der Waals surface area contributed by atoms with Crippen LogP contribution in [0.5, 0.6) is 0 Å². The maximum atomic E-state index is 8.86. The van der Waals surface area contributed by atoms with Gasteiger partial charge < -0.3 is 10.6 Å². The van der Waals surface area contributed by atoms with Crippen LogP contribution in [0.1, 0.15) is 36.0 Å². The molecule has 0 saturated carbocycles. The molecule has 1 fully saturated rings. The van der Waals surface area contributed by atoms with Crippen LogP contribution >= 0.6 is 0 Å². The van der Waals surface area contributed by atoms with Crippen molar-refractivity contribution < 1.29 is 0 Å². The van der Waals surface area contributed by atoms with Crippen molar-refractivity contribution in [1.29, 1.82) is 5.26 Å². The molecular weight excluding hydrogens is 332 g/mol. The summed E-state index contributed by atoms with van der Waals surface area (Å²) in [5.41, 5.74) is 7.54. The highest BCUT2D eigenvalue weighted by Crippen LogP contribution is 2.31. The van der Waals surface area contributed by atoms with Crippen molar-refractivity contribution in [2.75, 3.05) is 25.0 Å². The third-order valence-corrected chi connectivity index (χ3v) is 5.48. The van der Waals surface area contributed by atoms with Crippen molar-refractivity contribution in [3.05, 3.63) is 53.1 Å². The molecule has 4 rings (SSSR count). The summed E-state index contributed by atoms with van der Waals surface area (Å²) in [4.78, 5) is 4.51. The average Bonchev–Trinajstić information content (AvgIpc) is 2.73. The van der Waals surface area contributed by atoms with Crippen molar-refractivity contribution >= 4 is 11.9 Å². The number of nitrogens with zero attached hydrogens (tertiary/aromatic N) is 2. The van der Waals surface area contributed by atoms with E-state index in [1.54, 1.807) is 0 Å². The van der Waals surface area contributed by atoms with Crippen LogP contribution in [0.15, 0.2) is 41.4 Å². The Labute approximate surface area is 161 Å². The Bertz CT molecular complexity index is 872. The van der Waals surface area contributed by atoms with E-state index < -0.39 is 0 Å². The Morgan fingerprint density at radius 1 is 1.15 bits per heavy atom. The van der Waals surface area contributed by atoms with Gasteiger partial charge in [0.05, 0.1) is 6.07 Å². The molecule has 138 valence electrons. The van der Waals surface area contributed by atoms with Crippen LogP contribution < -0.4 is 10.6 Å². The standard InChI is InChI=1S/C23H26N4/c24-9-2-4-17-3-1-5-18(13-17)20-14-19-6-10-26-16-22(19)23(15-20)27-21-7-11-25-12-8-21/h1,3,5,13-16,21,25,27H,2,4,6-8,10-12H2. The lowest BCUT2D eigenvalue weighted by Crippen LogP contribution is -2.35. The molecule has 4 nitrogen and oxygen atoms in total. The van der Waals surface area contributed by atoms with Crippen molar-refractivity contribution in [1.82, 2.24) is 5.32 Å². The summed E-state index contributed by atoms with van der Waals surface area (Å²) >= 11 is 0. The molecule has 0 amide bonds. The molecule has 2 aliphatic heterocycles. The van der Waals surface area contributed by atoms with Gasteiger partial charge in [-0.25, -0.2) is 0 Å². The second kappa shape index (κ2) is 8.37. The molecule has 0 atom stereocenters. The van der Waals surface area contributed by atoms with Crippen LogP contribution in [-0.4, -0.2) is 31.9 Å². The molecule has 1 saturated heterocycles. The van der Waals surface area contributed by atoms with Gasteiger partial charge in [0.25, 0.3) is 0 Å². The molecule has 0 spiro atoms. The topological polar surface area (TPSA) is 60.2 Å². The highest BCUT2D eigenvalue weighted by atomic mass is 15.0. The van der Waals surface area contributed by atoms with Crippen molar-refractivity contribution in [3.8, 4) is 17.2 Å². The minimum Gasteiger partial charge on any atom is -0.382 e. The van der Waals surface area contributed by atoms with Gasteiger partial charge in [-0.15, -0.1) is 0 Å². The lowest BCUT2D eigenvalue weighted by atomic mass is 9.93. The summed E-state index contributed by atoms with van der Waals surface area (Å²) in [5.74, 6) is 0. The normalized spacial score (nSPS) is 16.6. The summed E-state index contributed by atoms with van der Waals surface area (Å²) in [5, 5.41) is 16.1. The number of piperidine rings is 1. The predicted molar refractivity (Wildman–Crippen MR) is 111 cm³/mol. The Balaban J connectivity index is 1.68. The highest BCUT2D eigenvalue weighted by Gasteiger charge is 2.18. The molecule has 0 aliphatic carbocycles. The number of rotatable bonds is 5. The Hall–Kier alpha value is -2.64. The number of benzene rings is 2. The highest BCUT2D eigenvalue weighted by molar-refractivity contribution is 5.93. The van der Waals surface area contributed by atoms with E-state index in [9.17, 15) is 0 Å². The fourth-order valence-corrected chi connectivity index (χ4v) is 3.99. The van der Waals surface area contributed by atoms with E-state index in [0.717, 1.165) is 45.3 Å². The third kappa shape index (κ3) is 4.20. The third-order valence-electron chi connectivity index (χ3n) is 5.48. The largest absolute Gasteiger partial charge is 0.382 e. The van der Waals surface area contributed by atoms with Gasteiger partial charge in [-0.2, -0.15) is 5.26 Å². The minimum absolute atomic E-state index is 0.517. The molecule has 2 aromatic rings. The molecule has 0 bridgehead atoms. The first-order valence-corrected chi connectivity index (χ1v) is 9.94. The van der Waals surface area contributed by atoms with Crippen molar-refractivity contribution in [2.24, 2.45) is 4.99 Å². The van der Waals surface area contributed by atoms with E-state index in [4.69, 9.17) is 5.26 Å². The van der Waals surface area contributed by atoms with Gasteiger partial charge in [-0.05, 0) is 67.1 Å². The van der Waals surface area contributed by atoms with Gasteiger partial charge in [0, 0.05) is 36.5 Å². The second-order valence-corrected chi connectivity index (χ2v) is 7.41. The van der Waals surface area contributed by atoms with Gasteiger partial charge in [0.1, 0.15) is 0 Å². The number of aliphatic imine (C=N–C) groups is 1. The van der Waals surface area contributed by atoms with E-state index in [-0.39, 0.29) is 0 Å². The first kappa shape index (κ1) is 17.8. The minimum atomic E-state index is 0.517. The van der Waals surface area contributed by atoms with Gasteiger partial charge in [0.2, 0.25) is 0 Å². The summed E-state index contributed by atoms with van der Waals surface area (Å²) in [6.07, 6.45) is 6.71. The number of hydrogen-bond donors (Lipinski definition) is 2. The molecule has 2 aromatic carbocycles. The van der Waals surface area contributed by atoms with E-state index in [0.29, 0.717) is 12.5 Å². The van der Waals surface area contributed by atoms with Crippen LogP contribution in [-0.2, 0) is 12.8 Å². The quantitative estimate of drug-likeness (QED) is 0.851. The zero-order valence-electron chi connectivity index (χ0n) is 15.7. The maximum Gasteiger partial charge on any atom is 0.0625 e. The Kier molecular flexibility index (Phi) is 5.50.